The van der Waals surface area contributed by atoms with Crippen LogP contribution in [-0.4, -0.2) is 19.9 Å². The Bertz CT molecular complexity index is 603. The molecule has 98 valence electrons. The van der Waals surface area contributed by atoms with Gasteiger partial charge in [0.1, 0.15) is 0 Å². The second-order valence-electron chi connectivity index (χ2n) is 3.78. The molecule has 0 aromatic carbocycles. The Hall–Kier alpha value is -2.09. The SMILES string of the molecule is Cc1cnc(CNc2ncc(Br)cc2[N+](=O)[O-])cn1. The molecule has 7 nitrogen and oxygen atoms in total. The molecule has 0 spiro atoms. The molecule has 0 fully saturated rings. The van der Waals surface area contributed by atoms with Crippen molar-refractivity contribution in [3.05, 3.63) is 50.6 Å². The highest BCUT2D eigenvalue weighted by Crippen LogP contribution is 2.25. The Morgan fingerprint density at radius 3 is 2.74 bits per heavy atom. The lowest BCUT2D eigenvalue weighted by atomic mass is 10.3. The maximum atomic E-state index is 10.9. The summed E-state index contributed by atoms with van der Waals surface area (Å²) in [5.41, 5.74) is 1.41. The van der Waals surface area contributed by atoms with E-state index in [2.05, 4.69) is 36.2 Å². The van der Waals surface area contributed by atoms with E-state index in [1.165, 1.54) is 12.3 Å². The van der Waals surface area contributed by atoms with E-state index in [9.17, 15) is 10.1 Å². The van der Waals surface area contributed by atoms with Gasteiger partial charge in [-0.3, -0.25) is 20.1 Å². The highest BCUT2D eigenvalue weighted by molar-refractivity contribution is 9.10. The van der Waals surface area contributed by atoms with Crippen LogP contribution in [0.3, 0.4) is 0 Å². The van der Waals surface area contributed by atoms with Crippen molar-refractivity contribution in [3.63, 3.8) is 0 Å². The Kier molecular flexibility index (Phi) is 4.00. The Morgan fingerprint density at radius 1 is 1.32 bits per heavy atom. The number of hydrogen-bond acceptors (Lipinski definition) is 6. The van der Waals surface area contributed by atoms with Crippen molar-refractivity contribution in [1.29, 1.82) is 0 Å². The number of hydrogen-bond donors (Lipinski definition) is 1. The first-order valence-corrected chi connectivity index (χ1v) is 6.17. The summed E-state index contributed by atoms with van der Waals surface area (Å²) in [7, 11) is 0. The minimum Gasteiger partial charge on any atom is -0.359 e. The van der Waals surface area contributed by atoms with Crippen molar-refractivity contribution >= 4 is 27.4 Å². The third-order valence-corrected chi connectivity index (χ3v) is 2.74. The van der Waals surface area contributed by atoms with Crippen LogP contribution in [0.5, 0.6) is 0 Å². The fourth-order valence-electron chi connectivity index (χ4n) is 1.39. The van der Waals surface area contributed by atoms with E-state index in [-0.39, 0.29) is 11.5 Å². The number of aromatic nitrogens is 3. The quantitative estimate of drug-likeness (QED) is 0.686. The molecule has 8 heteroatoms. The summed E-state index contributed by atoms with van der Waals surface area (Å²) in [4.78, 5) is 22.7. The predicted molar refractivity (Wildman–Crippen MR) is 72.7 cm³/mol. The van der Waals surface area contributed by atoms with Crippen LogP contribution >= 0.6 is 15.9 Å². The van der Waals surface area contributed by atoms with Crippen molar-refractivity contribution < 1.29 is 4.92 Å². The van der Waals surface area contributed by atoms with Crippen LogP contribution in [0.15, 0.2) is 29.1 Å². The number of aryl methyl sites for hydroxylation is 1. The monoisotopic (exact) mass is 323 g/mol. The van der Waals surface area contributed by atoms with Gasteiger partial charge in [-0.15, -0.1) is 0 Å². The Balaban J connectivity index is 2.15. The average molecular weight is 324 g/mol. The molecule has 2 aromatic rings. The molecule has 0 aliphatic rings. The van der Waals surface area contributed by atoms with Crippen molar-refractivity contribution in [2.24, 2.45) is 0 Å². The summed E-state index contributed by atoms with van der Waals surface area (Å²) in [6, 6.07) is 1.40. The number of halogens is 1. The first-order chi connectivity index (χ1) is 9.06. The van der Waals surface area contributed by atoms with E-state index in [0.717, 1.165) is 5.69 Å². The maximum absolute atomic E-state index is 10.9. The van der Waals surface area contributed by atoms with Crippen LogP contribution in [-0.2, 0) is 6.54 Å². The first-order valence-electron chi connectivity index (χ1n) is 5.37. The molecule has 2 rings (SSSR count). The van der Waals surface area contributed by atoms with E-state index in [1.54, 1.807) is 12.4 Å². The first kappa shape index (κ1) is 13.3. The molecule has 0 radical (unpaired) electrons. The Morgan fingerprint density at radius 2 is 2.11 bits per heavy atom. The van der Waals surface area contributed by atoms with Crippen molar-refractivity contribution in [3.8, 4) is 0 Å². The van der Waals surface area contributed by atoms with Crippen LogP contribution in [0.25, 0.3) is 0 Å². The molecule has 2 heterocycles. The largest absolute Gasteiger partial charge is 0.359 e. The van der Waals surface area contributed by atoms with Gasteiger partial charge in [0.05, 0.1) is 29.1 Å². The third kappa shape index (κ3) is 3.44. The second-order valence-corrected chi connectivity index (χ2v) is 4.70. The highest BCUT2D eigenvalue weighted by Gasteiger charge is 2.15. The molecule has 2 aromatic heterocycles. The molecule has 0 unspecified atom stereocenters. The zero-order valence-corrected chi connectivity index (χ0v) is 11.6. The summed E-state index contributed by atoms with van der Waals surface area (Å²) in [6.07, 6.45) is 4.75. The average Bonchev–Trinajstić information content (AvgIpc) is 2.39. The van der Waals surface area contributed by atoms with Gasteiger partial charge in [-0.2, -0.15) is 0 Å². The molecular formula is C11H10BrN5O2. The maximum Gasteiger partial charge on any atom is 0.312 e. The summed E-state index contributed by atoms with van der Waals surface area (Å²) < 4.78 is 0.555. The zero-order chi connectivity index (χ0) is 13.8. The van der Waals surface area contributed by atoms with E-state index in [0.29, 0.717) is 16.7 Å². The molecular weight excluding hydrogens is 314 g/mol. The molecule has 0 saturated carbocycles. The van der Waals surface area contributed by atoms with Crippen LogP contribution in [0, 0.1) is 17.0 Å². The zero-order valence-electron chi connectivity index (χ0n) is 10.00. The summed E-state index contributed by atoms with van der Waals surface area (Å²) in [5.74, 6) is 0.204. The number of pyridine rings is 1. The minimum atomic E-state index is -0.485. The van der Waals surface area contributed by atoms with Crippen molar-refractivity contribution in [2.75, 3.05) is 5.32 Å². The number of nitrogens with one attached hydrogen (secondary N) is 1. The second kappa shape index (κ2) is 5.70. The molecule has 19 heavy (non-hydrogen) atoms. The summed E-state index contributed by atoms with van der Waals surface area (Å²) in [5, 5.41) is 13.8. The van der Waals surface area contributed by atoms with E-state index in [4.69, 9.17) is 0 Å². The van der Waals surface area contributed by atoms with Gasteiger partial charge in [-0.1, -0.05) is 0 Å². The van der Waals surface area contributed by atoms with E-state index in [1.807, 2.05) is 6.92 Å². The lowest BCUT2D eigenvalue weighted by molar-refractivity contribution is -0.384. The standard InChI is InChI=1S/C11H10BrN5O2/c1-7-3-14-9(5-13-7)6-16-11-10(17(18)19)2-8(12)4-15-11/h2-5H,6H2,1H3,(H,15,16). The van der Waals surface area contributed by atoms with E-state index < -0.39 is 4.92 Å². The fraction of sp³-hybridized carbons (Fsp3) is 0.182. The van der Waals surface area contributed by atoms with Gasteiger partial charge in [-0.25, -0.2) is 4.98 Å². The number of nitro groups is 1. The van der Waals surface area contributed by atoms with Crippen LogP contribution < -0.4 is 5.32 Å². The summed E-state index contributed by atoms with van der Waals surface area (Å²) in [6.45, 7) is 2.16. The molecule has 0 bridgehead atoms. The number of nitrogens with zero attached hydrogens (tertiary/aromatic N) is 4. The minimum absolute atomic E-state index is 0.0885. The normalized spacial score (nSPS) is 10.2. The molecule has 0 atom stereocenters. The highest BCUT2D eigenvalue weighted by atomic mass is 79.9. The van der Waals surface area contributed by atoms with Gasteiger partial charge in [0.2, 0.25) is 5.82 Å². The number of anilines is 1. The lowest BCUT2D eigenvalue weighted by Crippen LogP contribution is -2.06. The molecule has 0 aliphatic carbocycles. The van der Waals surface area contributed by atoms with Crippen molar-refractivity contribution in [2.45, 2.75) is 13.5 Å². The van der Waals surface area contributed by atoms with Gasteiger partial charge in [0.15, 0.2) is 0 Å². The topological polar surface area (TPSA) is 93.8 Å². The fourth-order valence-corrected chi connectivity index (χ4v) is 1.71. The van der Waals surface area contributed by atoms with Gasteiger partial charge >= 0.3 is 5.69 Å². The molecule has 0 saturated heterocycles. The number of rotatable bonds is 4. The molecule has 1 N–H and O–H groups in total. The summed E-state index contributed by atoms with van der Waals surface area (Å²) >= 11 is 3.15. The van der Waals surface area contributed by atoms with Gasteiger partial charge in [-0.05, 0) is 22.9 Å². The lowest BCUT2D eigenvalue weighted by Gasteiger charge is -2.05. The van der Waals surface area contributed by atoms with Crippen molar-refractivity contribution in [1.82, 2.24) is 15.0 Å². The Labute approximate surface area is 117 Å². The van der Waals surface area contributed by atoms with Gasteiger partial charge < -0.3 is 5.32 Å². The predicted octanol–water partition coefficient (Wildman–Crippen LogP) is 2.46. The third-order valence-electron chi connectivity index (χ3n) is 2.30. The van der Waals surface area contributed by atoms with Crippen LogP contribution in [0.1, 0.15) is 11.4 Å². The molecule has 0 amide bonds. The van der Waals surface area contributed by atoms with Gasteiger partial charge in [0.25, 0.3) is 0 Å². The van der Waals surface area contributed by atoms with Crippen LogP contribution in [0.2, 0.25) is 0 Å². The van der Waals surface area contributed by atoms with Gasteiger partial charge in [0, 0.05) is 22.9 Å². The van der Waals surface area contributed by atoms with E-state index >= 15 is 0 Å². The molecule has 0 aliphatic heterocycles. The smallest absolute Gasteiger partial charge is 0.312 e. The van der Waals surface area contributed by atoms with Crippen LogP contribution in [0.4, 0.5) is 11.5 Å².